The van der Waals surface area contributed by atoms with E-state index in [2.05, 4.69) is 10.3 Å². The first kappa shape index (κ1) is 15.0. The number of anilines is 1. The number of halogens is 2. The molecule has 0 spiro atoms. The number of aryl methyl sites for hydroxylation is 1. The lowest BCUT2D eigenvalue weighted by atomic mass is 9.97. The van der Waals surface area contributed by atoms with Crippen LogP contribution in [0.3, 0.4) is 0 Å². The zero-order valence-corrected chi connectivity index (χ0v) is 13.2. The minimum atomic E-state index is -0.992. The molecule has 0 aliphatic carbocycles. The molecule has 1 aliphatic heterocycles. The van der Waals surface area contributed by atoms with Crippen molar-refractivity contribution in [3.8, 4) is 0 Å². The van der Waals surface area contributed by atoms with Gasteiger partial charge in [0, 0.05) is 16.1 Å². The number of carbonyl (C=O) groups excluding carboxylic acids is 1. The molecule has 1 unspecified atom stereocenters. The molecule has 2 aromatic rings. The molecular weight excluding hydrogens is 321 g/mol. The molecule has 112 valence electrons. The molecule has 1 aliphatic rings. The first-order valence-corrected chi connectivity index (χ1v) is 7.42. The number of fused-ring (bicyclic) bond motifs is 1. The van der Waals surface area contributed by atoms with E-state index in [1.165, 1.54) is 0 Å². The van der Waals surface area contributed by atoms with Gasteiger partial charge in [-0.15, -0.1) is 0 Å². The Morgan fingerprint density at radius 1 is 1.23 bits per heavy atom. The van der Waals surface area contributed by atoms with E-state index >= 15 is 0 Å². The molecule has 1 heterocycles. The maximum Gasteiger partial charge on any atom is 0.263 e. The van der Waals surface area contributed by atoms with Crippen molar-refractivity contribution in [3.63, 3.8) is 0 Å². The molecule has 4 nitrogen and oxygen atoms in total. The van der Waals surface area contributed by atoms with Crippen molar-refractivity contribution in [3.05, 3.63) is 63.1 Å². The van der Waals surface area contributed by atoms with Crippen molar-refractivity contribution in [2.24, 2.45) is 10.7 Å². The number of amides is 1. The minimum absolute atomic E-state index is 0.356. The van der Waals surface area contributed by atoms with Gasteiger partial charge in [-0.3, -0.25) is 9.79 Å². The van der Waals surface area contributed by atoms with Gasteiger partial charge in [0.2, 0.25) is 0 Å². The summed E-state index contributed by atoms with van der Waals surface area (Å²) in [5, 5.41) is 3.80. The molecule has 0 saturated carbocycles. The zero-order valence-electron chi connectivity index (χ0n) is 11.7. The number of hydrogen-bond donors (Lipinski definition) is 2. The third-order valence-corrected chi connectivity index (χ3v) is 3.98. The fraction of sp³-hybridized carbons (Fsp3) is 0.125. The summed E-state index contributed by atoms with van der Waals surface area (Å²) in [5.74, 6) is -0.356. The number of carbonyl (C=O) groups is 1. The Balaban J connectivity index is 2.29. The van der Waals surface area contributed by atoms with Crippen LogP contribution in [0.5, 0.6) is 0 Å². The molecule has 1 atom stereocenters. The van der Waals surface area contributed by atoms with Gasteiger partial charge in [-0.1, -0.05) is 41.4 Å². The average Bonchev–Trinajstić information content (AvgIpc) is 2.56. The van der Waals surface area contributed by atoms with Crippen molar-refractivity contribution in [2.45, 2.75) is 13.1 Å². The van der Waals surface area contributed by atoms with Crippen LogP contribution in [0.4, 0.5) is 5.69 Å². The molecule has 22 heavy (non-hydrogen) atoms. The Labute approximate surface area is 137 Å². The van der Waals surface area contributed by atoms with Crippen LogP contribution < -0.4 is 11.1 Å². The van der Waals surface area contributed by atoms with Gasteiger partial charge in [0.15, 0.2) is 6.17 Å². The highest BCUT2D eigenvalue weighted by Crippen LogP contribution is 2.31. The van der Waals surface area contributed by atoms with Gasteiger partial charge >= 0.3 is 0 Å². The molecule has 0 fully saturated rings. The number of benzodiazepines with no additional fused rings is 1. The third-order valence-electron chi connectivity index (χ3n) is 3.47. The Hall–Kier alpha value is -1.88. The predicted molar refractivity (Wildman–Crippen MR) is 89.9 cm³/mol. The van der Waals surface area contributed by atoms with Crippen LogP contribution in [0.25, 0.3) is 0 Å². The normalized spacial score (nSPS) is 17.4. The highest BCUT2D eigenvalue weighted by atomic mass is 35.5. The molecule has 3 rings (SSSR count). The first-order chi connectivity index (χ1) is 10.5. The number of benzene rings is 2. The standard InChI is InChI=1S/C16H13Cl2N3O/c1-8-6-9(17)7-11(18)13(8)14-10-4-2-3-5-12(10)20-16(22)15(19)21-14/h2-7,15H,19H2,1H3,(H,20,22). The van der Waals surface area contributed by atoms with Crippen LogP contribution in [-0.4, -0.2) is 17.8 Å². The van der Waals surface area contributed by atoms with Crippen molar-refractivity contribution in [1.82, 2.24) is 0 Å². The number of nitrogens with two attached hydrogens (primary N) is 1. The van der Waals surface area contributed by atoms with Gasteiger partial charge in [0.1, 0.15) is 0 Å². The van der Waals surface area contributed by atoms with E-state index in [0.29, 0.717) is 21.4 Å². The van der Waals surface area contributed by atoms with Gasteiger partial charge in [0.25, 0.3) is 5.91 Å². The van der Waals surface area contributed by atoms with E-state index in [0.717, 1.165) is 16.7 Å². The second-order valence-electron chi connectivity index (χ2n) is 5.04. The summed E-state index contributed by atoms with van der Waals surface area (Å²) in [6.45, 7) is 1.89. The fourth-order valence-electron chi connectivity index (χ4n) is 2.47. The summed E-state index contributed by atoms with van der Waals surface area (Å²) in [4.78, 5) is 16.4. The molecule has 0 saturated heterocycles. The third kappa shape index (κ3) is 2.61. The number of aliphatic imine (C=N–C) groups is 1. The van der Waals surface area contributed by atoms with E-state index in [1.807, 2.05) is 25.1 Å². The van der Waals surface area contributed by atoms with Crippen molar-refractivity contribution in [1.29, 1.82) is 0 Å². The lowest BCUT2D eigenvalue weighted by molar-refractivity contribution is -0.117. The second kappa shape index (κ2) is 5.72. The quantitative estimate of drug-likeness (QED) is 0.840. The Morgan fingerprint density at radius 2 is 1.95 bits per heavy atom. The predicted octanol–water partition coefficient (Wildman–Crippen LogP) is 3.38. The summed E-state index contributed by atoms with van der Waals surface area (Å²) in [5.41, 5.74) is 9.46. The SMILES string of the molecule is Cc1cc(Cl)cc(Cl)c1C1=NC(N)C(=O)Nc2ccccc21. The molecule has 0 radical (unpaired) electrons. The molecule has 2 aromatic carbocycles. The Kier molecular flexibility index (Phi) is 3.91. The minimum Gasteiger partial charge on any atom is -0.322 e. The molecule has 3 N–H and O–H groups in total. The molecule has 1 amide bonds. The van der Waals surface area contributed by atoms with Crippen LogP contribution in [0.2, 0.25) is 10.0 Å². The topological polar surface area (TPSA) is 67.5 Å². The molecule has 0 aromatic heterocycles. The zero-order chi connectivity index (χ0) is 15.9. The van der Waals surface area contributed by atoms with E-state index in [1.54, 1.807) is 18.2 Å². The van der Waals surface area contributed by atoms with E-state index in [-0.39, 0.29) is 5.91 Å². The lowest BCUT2D eigenvalue weighted by Gasteiger charge is -2.14. The fourth-order valence-corrected chi connectivity index (χ4v) is 3.16. The second-order valence-corrected chi connectivity index (χ2v) is 5.88. The maximum atomic E-state index is 12.0. The van der Waals surface area contributed by atoms with Crippen LogP contribution in [0, 0.1) is 6.92 Å². The highest BCUT2D eigenvalue weighted by Gasteiger charge is 2.25. The van der Waals surface area contributed by atoms with Crippen LogP contribution in [-0.2, 0) is 4.79 Å². The summed E-state index contributed by atoms with van der Waals surface area (Å²) >= 11 is 12.4. The average molecular weight is 334 g/mol. The summed E-state index contributed by atoms with van der Waals surface area (Å²) in [6, 6.07) is 10.8. The van der Waals surface area contributed by atoms with E-state index in [4.69, 9.17) is 28.9 Å². The monoisotopic (exact) mass is 333 g/mol. The number of nitrogens with zero attached hydrogens (tertiary/aromatic N) is 1. The van der Waals surface area contributed by atoms with Crippen LogP contribution >= 0.6 is 23.2 Å². The number of rotatable bonds is 1. The number of nitrogens with one attached hydrogen (secondary N) is 1. The van der Waals surface area contributed by atoms with Gasteiger partial charge in [-0.05, 0) is 30.7 Å². The Bertz CT molecular complexity index is 779. The highest BCUT2D eigenvalue weighted by molar-refractivity contribution is 6.38. The smallest absolute Gasteiger partial charge is 0.263 e. The van der Waals surface area contributed by atoms with Gasteiger partial charge < -0.3 is 11.1 Å². The largest absolute Gasteiger partial charge is 0.322 e. The summed E-state index contributed by atoms with van der Waals surface area (Å²) < 4.78 is 0. The van der Waals surface area contributed by atoms with Crippen molar-refractivity contribution < 1.29 is 4.79 Å². The number of para-hydroxylation sites is 1. The van der Waals surface area contributed by atoms with E-state index in [9.17, 15) is 4.79 Å². The van der Waals surface area contributed by atoms with Gasteiger partial charge in [0.05, 0.1) is 16.4 Å². The van der Waals surface area contributed by atoms with Crippen molar-refractivity contribution >= 4 is 40.5 Å². The molecule has 0 bridgehead atoms. The molecule has 6 heteroatoms. The van der Waals surface area contributed by atoms with Crippen LogP contribution in [0.1, 0.15) is 16.7 Å². The Morgan fingerprint density at radius 3 is 2.68 bits per heavy atom. The molecular formula is C16H13Cl2N3O. The van der Waals surface area contributed by atoms with Gasteiger partial charge in [-0.2, -0.15) is 0 Å². The van der Waals surface area contributed by atoms with E-state index < -0.39 is 6.17 Å². The van der Waals surface area contributed by atoms with Crippen molar-refractivity contribution in [2.75, 3.05) is 5.32 Å². The lowest BCUT2D eigenvalue weighted by Crippen LogP contribution is -2.33. The van der Waals surface area contributed by atoms with Gasteiger partial charge in [-0.25, -0.2) is 0 Å². The first-order valence-electron chi connectivity index (χ1n) is 6.67. The summed E-state index contributed by atoms with van der Waals surface area (Å²) in [7, 11) is 0. The number of hydrogen-bond acceptors (Lipinski definition) is 3. The van der Waals surface area contributed by atoms with Crippen LogP contribution in [0.15, 0.2) is 41.4 Å². The summed E-state index contributed by atoms with van der Waals surface area (Å²) in [6.07, 6.45) is -0.992. The maximum absolute atomic E-state index is 12.0.